The fourth-order valence-electron chi connectivity index (χ4n) is 1.51. The summed E-state index contributed by atoms with van der Waals surface area (Å²) in [4.78, 5) is 13.0. The van der Waals surface area contributed by atoms with Crippen molar-refractivity contribution in [3.8, 4) is 0 Å². The van der Waals surface area contributed by atoms with Crippen molar-refractivity contribution in [2.45, 2.75) is 19.3 Å². The van der Waals surface area contributed by atoms with Gasteiger partial charge in [0.2, 0.25) is 6.08 Å². The summed E-state index contributed by atoms with van der Waals surface area (Å²) in [6, 6.07) is 0. The Bertz CT molecular complexity index is 338. The maximum atomic E-state index is 11.1. The van der Waals surface area contributed by atoms with Crippen molar-refractivity contribution in [2.75, 3.05) is 11.5 Å². The van der Waals surface area contributed by atoms with Crippen LogP contribution >= 0.6 is 0 Å². The second-order valence-corrected chi connectivity index (χ2v) is 5.74. The lowest BCUT2D eigenvalue weighted by atomic mass is 9.99. The van der Waals surface area contributed by atoms with E-state index in [0.717, 1.165) is 19.3 Å². The Morgan fingerprint density at radius 2 is 2.00 bits per heavy atom. The Morgan fingerprint density at radius 1 is 1.36 bits per heavy atom. The lowest BCUT2D eigenvalue weighted by Gasteiger charge is -2.19. The Labute approximate surface area is 83.6 Å². The van der Waals surface area contributed by atoms with Crippen LogP contribution in [0, 0.1) is 5.92 Å². The molecule has 5 heteroatoms. The topological polar surface area (TPSA) is 63.6 Å². The minimum Gasteiger partial charge on any atom is -0.229 e. The Morgan fingerprint density at radius 3 is 2.57 bits per heavy atom. The quantitative estimate of drug-likeness (QED) is 0.522. The first-order chi connectivity index (χ1) is 6.64. The van der Waals surface area contributed by atoms with Gasteiger partial charge in [-0.25, -0.2) is 13.2 Å². The van der Waals surface area contributed by atoms with Gasteiger partial charge < -0.3 is 0 Å². The predicted molar refractivity (Wildman–Crippen MR) is 53.3 cm³/mol. The standard InChI is InChI=1S/C9H13NO3S/c11-8-10-5-1-2-9-3-6-14(12,13)7-4-9/h1,5,9H,2-4,6-7H2/b5-1-. The molecular weight excluding hydrogens is 202 g/mol. The predicted octanol–water partition coefficient (Wildman–Crippen LogP) is 1.05. The molecule has 0 aromatic rings. The number of hydrogen-bond acceptors (Lipinski definition) is 4. The maximum Gasteiger partial charge on any atom is 0.239 e. The number of nitrogens with zero attached hydrogens (tertiary/aromatic N) is 1. The molecule has 4 nitrogen and oxygen atoms in total. The molecule has 0 aromatic carbocycles. The van der Waals surface area contributed by atoms with Gasteiger partial charge in [0.15, 0.2) is 0 Å². The SMILES string of the molecule is O=C=N/C=C\CC1CCS(=O)(=O)CC1. The van der Waals surface area contributed by atoms with E-state index < -0.39 is 9.84 Å². The van der Waals surface area contributed by atoms with E-state index in [1.807, 2.05) is 0 Å². The molecular formula is C9H13NO3S. The molecule has 0 spiro atoms. The first kappa shape index (κ1) is 11.1. The molecule has 1 heterocycles. The van der Waals surface area contributed by atoms with Gasteiger partial charge in [-0.2, -0.15) is 4.99 Å². The first-order valence-electron chi connectivity index (χ1n) is 4.56. The number of hydrogen-bond donors (Lipinski definition) is 0. The number of rotatable bonds is 3. The normalized spacial score (nSPS) is 22.0. The van der Waals surface area contributed by atoms with Gasteiger partial charge in [-0.1, -0.05) is 6.08 Å². The van der Waals surface area contributed by atoms with Crippen LogP contribution in [0.5, 0.6) is 0 Å². The molecule has 1 saturated heterocycles. The van der Waals surface area contributed by atoms with E-state index in [-0.39, 0.29) is 0 Å². The summed E-state index contributed by atoms with van der Waals surface area (Å²) < 4.78 is 22.2. The van der Waals surface area contributed by atoms with E-state index in [4.69, 9.17) is 0 Å². The van der Waals surface area contributed by atoms with Gasteiger partial charge in [0.25, 0.3) is 0 Å². The van der Waals surface area contributed by atoms with Crippen LogP contribution < -0.4 is 0 Å². The second kappa shape index (κ2) is 5.08. The summed E-state index contributed by atoms with van der Waals surface area (Å²) in [5, 5.41) is 0. The number of isocyanates is 1. The molecule has 0 aliphatic carbocycles. The highest BCUT2D eigenvalue weighted by Gasteiger charge is 2.22. The monoisotopic (exact) mass is 215 g/mol. The highest BCUT2D eigenvalue weighted by atomic mass is 32.2. The molecule has 1 rings (SSSR count). The zero-order chi connectivity index (χ0) is 10.4. The van der Waals surface area contributed by atoms with Crippen molar-refractivity contribution in [3.05, 3.63) is 12.3 Å². The van der Waals surface area contributed by atoms with Gasteiger partial charge in [-0.05, 0) is 25.2 Å². The first-order valence-corrected chi connectivity index (χ1v) is 6.38. The maximum absolute atomic E-state index is 11.1. The number of allylic oxidation sites excluding steroid dienone is 1. The average molecular weight is 215 g/mol. The zero-order valence-corrected chi connectivity index (χ0v) is 8.66. The van der Waals surface area contributed by atoms with Crippen LogP contribution in [-0.4, -0.2) is 26.0 Å². The molecule has 0 aromatic heterocycles. The van der Waals surface area contributed by atoms with Crippen LogP contribution in [0.3, 0.4) is 0 Å². The van der Waals surface area contributed by atoms with E-state index in [0.29, 0.717) is 17.4 Å². The average Bonchev–Trinajstić information content (AvgIpc) is 2.15. The number of sulfone groups is 1. The van der Waals surface area contributed by atoms with Crippen LogP contribution in [0.25, 0.3) is 0 Å². The number of carbonyl (C=O) groups excluding carboxylic acids is 1. The van der Waals surface area contributed by atoms with Gasteiger partial charge in [0, 0.05) is 6.20 Å². The molecule has 1 aliphatic heterocycles. The summed E-state index contributed by atoms with van der Waals surface area (Å²) in [5.74, 6) is 1.00. The van der Waals surface area contributed by atoms with Crippen LogP contribution in [0.1, 0.15) is 19.3 Å². The Kier molecular flexibility index (Phi) is 4.04. The van der Waals surface area contributed by atoms with Gasteiger partial charge in [0.1, 0.15) is 9.84 Å². The highest BCUT2D eigenvalue weighted by molar-refractivity contribution is 7.91. The van der Waals surface area contributed by atoms with Crippen LogP contribution in [0.2, 0.25) is 0 Å². The Hall–Kier alpha value is -0.930. The van der Waals surface area contributed by atoms with Crippen molar-refractivity contribution in [2.24, 2.45) is 10.9 Å². The molecule has 0 N–H and O–H groups in total. The summed E-state index contributed by atoms with van der Waals surface area (Å²) >= 11 is 0. The third kappa shape index (κ3) is 3.85. The molecule has 0 amide bonds. The van der Waals surface area contributed by atoms with Crippen molar-refractivity contribution in [1.29, 1.82) is 0 Å². The van der Waals surface area contributed by atoms with E-state index in [9.17, 15) is 13.2 Å². The minimum atomic E-state index is -2.76. The van der Waals surface area contributed by atoms with Crippen molar-refractivity contribution < 1.29 is 13.2 Å². The smallest absolute Gasteiger partial charge is 0.229 e. The van der Waals surface area contributed by atoms with Crippen LogP contribution in [0.4, 0.5) is 0 Å². The summed E-state index contributed by atoms with van der Waals surface area (Å²) in [5.41, 5.74) is 0. The van der Waals surface area contributed by atoms with Crippen LogP contribution in [-0.2, 0) is 14.6 Å². The lowest BCUT2D eigenvalue weighted by molar-refractivity contribution is 0.469. The zero-order valence-electron chi connectivity index (χ0n) is 7.85. The van der Waals surface area contributed by atoms with E-state index >= 15 is 0 Å². The highest BCUT2D eigenvalue weighted by Crippen LogP contribution is 2.22. The summed E-state index contributed by atoms with van der Waals surface area (Å²) in [7, 11) is -2.76. The van der Waals surface area contributed by atoms with Gasteiger partial charge in [-0.3, -0.25) is 0 Å². The van der Waals surface area contributed by atoms with Gasteiger partial charge in [0.05, 0.1) is 11.5 Å². The van der Waals surface area contributed by atoms with Gasteiger partial charge >= 0.3 is 0 Å². The van der Waals surface area contributed by atoms with Crippen LogP contribution in [0.15, 0.2) is 17.3 Å². The minimum absolute atomic E-state index is 0.294. The number of aliphatic imine (C=N–C) groups is 1. The fraction of sp³-hybridized carbons (Fsp3) is 0.667. The molecule has 0 saturated carbocycles. The third-order valence-electron chi connectivity index (χ3n) is 2.38. The summed E-state index contributed by atoms with van der Waals surface area (Å²) in [6.07, 6.45) is 6.84. The molecule has 0 radical (unpaired) electrons. The fourth-order valence-corrected chi connectivity index (χ4v) is 3.10. The molecule has 0 unspecified atom stereocenters. The third-order valence-corrected chi connectivity index (χ3v) is 4.09. The second-order valence-electron chi connectivity index (χ2n) is 3.44. The Balaban J connectivity index is 2.33. The van der Waals surface area contributed by atoms with Crippen molar-refractivity contribution >= 4 is 15.9 Å². The molecule has 0 atom stereocenters. The molecule has 1 fully saturated rings. The molecule has 0 bridgehead atoms. The van der Waals surface area contributed by atoms with Crippen molar-refractivity contribution in [1.82, 2.24) is 0 Å². The van der Waals surface area contributed by atoms with Crippen molar-refractivity contribution in [3.63, 3.8) is 0 Å². The molecule has 1 aliphatic rings. The van der Waals surface area contributed by atoms with E-state index in [1.54, 1.807) is 6.08 Å². The van der Waals surface area contributed by atoms with E-state index in [1.165, 1.54) is 12.3 Å². The lowest BCUT2D eigenvalue weighted by Crippen LogP contribution is -2.22. The largest absolute Gasteiger partial charge is 0.239 e. The molecule has 14 heavy (non-hydrogen) atoms. The molecule has 78 valence electrons. The summed E-state index contributed by atoms with van der Waals surface area (Å²) in [6.45, 7) is 0. The van der Waals surface area contributed by atoms with E-state index in [2.05, 4.69) is 4.99 Å². The van der Waals surface area contributed by atoms with Gasteiger partial charge in [-0.15, -0.1) is 0 Å².